The minimum atomic E-state index is -1.08. The maximum Gasteiger partial charge on any atom is 0.323 e. The van der Waals surface area contributed by atoms with Crippen LogP contribution in [0.5, 0.6) is 0 Å². The van der Waals surface area contributed by atoms with E-state index in [-0.39, 0.29) is 18.9 Å². The molecule has 0 fully saturated rings. The number of fused-ring (bicyclic) bond motifs is 1. The second-order valence-corrected chi connectivity index (χ2v) is 4.67. The van der Waals surface area contributed by atoms with Gasteiger partial charge in [0.25, 0.3) is 5.91 Å². The largest absolute Gasteiger partial charge is 0.480 e. The Kier molecular flexibility index (Phi) is 4.59. The molecule has 1 aromatic heterocycles. The van der Waals surface area contributed by atoms with Crippen molar-refractivity contribution in [3.8, 4) is 0 Å². The molecule has 0 bridgehead atoms. The summed E-state index contributed by atoms with van der Waals surface area (Å²) < 4.78 is 10.5. The van der Waals surface area contributed by atoms with E-state index in [0.717, 1.165) is 5.39 Å². The van der Waals surface area contributed by atoms with Crippen molar-refractivity contribution in [3.05, 3.63) is 35.6 Å². The van der Waals surface area contributed by atoms with Gasteiger partial charge in [0.1, 0.15) is 12.1 Å². The summed E-state index contributed by atoms with van der Waals surface area (Å²) in [6.45, 7) is 1.85. The molecule has 2 rings (SSSR count). The lowest BCUT2D eigenvalue weighted by atomic mass is 10.1. The summed E-state index contributed by atoms with van der Waals surface area (Å²) in [7, 11) is 1.50. The number of carbonyl (C=O) groups excluding carboxylic acids is 1. The van der Waals surface area contributed by atoms with Gasteiger partial charge in [0.05, 0.1) is 6.61 Å². The predicted molar refractivity (Wildman–Crippen MR) is 76.4 cm³/mol. The molecule has 1 amide bonds. The molecule has 112 valence electrons. The summed E-state index contributed by atoms with van der Waals surface area (Å²) in [4.78, 5) is 24.6. The van der Waals surface area contributed by atoms with Crippen molar-refractivity contribution in [2.45, 2.75) is 6.92 Å². The Morgan fingerprint density at radius 3 is 2.67 bits per heavy atom. The summed E-state index contributed by atoms with van der Waals surface area (Å²) in [6, 6.07) is 7.32. The summed E-state index contributed by atoms with van der Waals surface area (Å²) in [5.41, 5.74) is 1.32. The Labute approximate surface area is 121 Å². The van der Waals surface area contributed by atoms with Crippen LogP contribution in [-0.2, 0) is 9.53 Å². The van der Waals surface area contributed by atoms with Gasteiger partial charge in [0.15, 0.2) is 5.76 Å². The van der Waals surface area contributed by atoms with Gasteiger partial charge in [-0.1, -0.05) is 18.2 Å². The van der Waals surface area contributed by atoms with Crippen LogP contribution in [0.3, 0.4) is 0 Å². The maximum atomic E-state index is 12.5. The van der Waals surface area contributed by atoms with Crippen molar-refractivity contribution < 1.29 is 23.8 Å². The smallest absolute Gasteiger partial charge is 0.323 e. The standard InChI is InChI=1S/C15H17NO5/c1-10-11-5-3-4-6-12(11)21-14(10)15(19)16(7-8-20-2)9-13(17)18/h3-6H,7-9H2,1-2H3,(H,17,18). The fraction of sp³-hybridized carbons (Fsp3) is 0.333. The molecule has 0 saturated heterocycles. The number of para-hydroxylation sites is 1. The number of hydrogen-bond donors (Lipinski definition) is 1. The van der Waals surface area contributed by atoms with Crippen LogP contribution >= 0.6 is 0 Å². The van der Waals surface area contributed by atoms with Crippen molar-refractivity contribution in [1.29, 1.82) is 0 Å². The number of aryl methyl sites for hydroxylation is 1. The molecule has 0 aliphatic heterocycles. The van der Waals surface area contributed by atoms with Crippen LogP contribution in [0.2, 0.25) is 0 Å². The number of furan rings is 1. The van der Waals surface area contributed by atoms with Gasteiger partial charge in [-0.05, 0) is 13.0 Å². The summed E-state index contributed by atoms with van der Waals surface area (Å²) in [5, 5.41) is 9.77. The third kappa shape index (κ3) is 3.22. The fourth-order valence-corrected chi connectivity index (χ4v) is 2.14. The van der Waals surface area contributed by atoms with E-state index >= 15 is 0 Å². The number of benzene rings is 1. The highest BCUT2D eigenvalue weighted by molar-refractivity contribution is 5.99. The van der Waals surface area contributed by atoms with Gasteiger partial charge < -0.3 is 19.2 Å². The highest BCUT2D eigenvalue weighted by Crippen LogP contribution is 2.25. The van der Waals surface area contributed by atoms with Gasteiger partial charge in [-0.2, -0.15) is 0 Å². The molecule has 0 atom stereocenters. The van der Waals surface area contributed by atoms with Gasteiger partial charge in [0.2, 0.25) is 0 Å². The molecule has 1 aromatic carbocycles. The third-order valence-corrected chi connectivity index (χ3v) is 3.22. The van der Waals surface area contributed by atoms with Gasteiger partial charge in [-0.25, -0.2) is 0 Å². The van der Waals surface area contributed by atoms with Crippen molar-refractivity contribution >= 4 is 22.8 Å². The molecule has 1 heterocycles. The van der Waals surface area contributed by atoms with Crippen LogP contribution in [0.15, 0.2) is 28.7 Å². The number of amides is 1. The molecular formula is C15H17NO5. The molecule has 0 radical (unpaired) electrons. The van der Waals surface area contributed by atoms with Crippen LogP contribution in [-0.4, -0.2) is 48.7 Å². The average molecular weight is 291 g/mol. The van der Waals surface area contributed by atoms with E-state index in [9.17, 15) is 9.59 Å². The Balaban J connectivity index is 2.33. The molecule has 0 spiro atoms. The van der Waals surface area contributed by atoms with Crippen LogP contribution < -0.4 is 0 Å². The highest BCUT2D eigenvalue weighted by Gasteiger charge is 2.24. The number of hydrogen-bond acceptors (Lipinski definition) is 4. The van der Waals surface area contributed by atoms with Gasteiger partial charge in [-0.15, -0.1) is 0 Å². The molecule has 1 N–H and O–H groups in total. The summed E-state index contributed by atoms with van der Waals surface area (Å²) >= 11 is 0. The number of carboxylic acids is 1. The molecule has 0 saturated carbocycles. The molecule has 6 heteroatoms. The Morgan fingerprint density at radius 1 is 1.33 bits per heavy atom. The first-order valence-corrected chi connectivity index (χ1v) is 6.52. The number of ether oxygens (including phenoxy) is 1. The zero-order valence-electron chi connectivity index (χ0n) is 12.0. The topological polar surface area (TPSA) is 80.0 Å². The van der Waals surface area contributed by atoms with E-state index in [2.05, 4.69) is 0 Å². The predicted octanol–water partition coefficient (Wildman–Crippen LogP) is 1.91. The minimum absolute atomic E-state index is 0.175. The van der Waals surface area contributed by atoms with Crippen LogP contribution in [0.4, 0.5) is 0 Å². The van der Waals surface area contributed by atoms with E-state index in [1.807, 2.05) is 18.2 Å². The highest BCUT2D eigenvalue weighted by atomic mass is 16.5. The Hall–Kier alpha value is -2.34. The van der Waals surface area contributed by atoms with Gasteiger partial charge in [-0.3, -0.25) is 9.59 Å². The van der Waals surface area contributed by atoms with Crippen molar-refractivity contribution in [2.24, 2.45) is 0 Å². The molecule has 0 aliphatic rings. The lowest BCUT2D eigenvalue weighted by Crippen LogP contribution is -2.38. The normalized spacial score (nSPS) is 10.8. The van der Waals surface area contributed by atoms with Crippen molar-refractivity contribution in [2.75, 3.05) is 26.8 Å². The van der Waals surface area contributed by atoms with E-state index in [4.69, 9.17) is 14.3 Å². The fourth-order valence-electron chi connectivity index (χ4n) is 2.14. The number of nitrogens with zero attached hydrogens (tertiary/aromatic N) is 1. The quantitative estimate of drug-likeness (QED) is 0.879. The van der Waals surface area contributed by atoms with E-state index in [1.54, 1.807) is 13.0 Å². The lowest BCUT2D eigenvalue weighted by Gasteiger charge is -2.19. The molecular weight excluding hydrogens is 274 g/mol. The average Bonchev–Trinajstić information content (AvgIpc) is 2.80. The lowest BCUT2D eigenvalue weighted by molar-refractivity contribution is -0.137. The third-order valence-electron chi connectivity index (χ3n) is 3.22. The number of methoxy groups -OCH3 is 1. The van der Waals surface area contributed by atoms with E-state index < -0.39 is 18.4 Å². The van der Waals surface area contributed by atoms with E-state index in [1.165, 1.54) is 12.0 Å². The monoisotopic (exact) mass is 291 g/mol. The first-order chi connectivity index (χ1) is 10.0. The maximum absolute atomic E-state index is 12.5. The van der Waals surface area contributed by atoms with Crippen LogP contribution in [0.1, 0.15) is 16.1 Å². The van der Waals surface area contributed by atoms with Crippen molar-refractivity contribution in [1.82, 2.24) is 4.90 Å². The number of carbonyl (C=O) groups is 2. The van der Waals surface area contributed by atoms with Crippen LogP contribution in [0.25, 0.3) is 11.0 Å². The van der Waals surface area contributed by atoms with Gasteiger partial charge >= 0.3 is 5.97 Å². The zero-order valence-corrected chi connectivity index (χ0v) is 12.0. The van der Waals surface area contributed by atoms with Crippen molar-refractivity contribution in [3.63, 3.8) is 0 Å². The number of aliphatic carboxylic acids is 1. The summed E-state index contributed by atoms with van der Waals surface area (Å²) in [6.07, 6.45) is 0. The SMILES string of the molecule is COCCN(CC(=O)O)C(=O)c1oc2ccccc2c1C. The number of rotatable bonds is 6. The number of carboxylic acid groups (broad SMARTS) is 1. The molecule has 0 aliphatic carbocycles. The van der Waals surface area contributed by atoms with Gasteiger partial charge in [0, 0.05) is 24.6 Å². The molecule has 2 aromatic rings. The second kappa shape index (κ2) is 6.41. The Bertz CT molecular complexity index is 661. The first-order valence-electron chi connectivity index (χ1n) is 6.52. The Morgan fingerprint density at radius 2 is 2.05 bits per heavy atom. The second-order valence-electron chi connectivity index (χ2n) is 4.67. The van der Waals surface area contributed by atoms with E-state index in [0.29, 0.717) is 11.1 Å². The first kappa shape index (κ1) is 15.1. The molecule has 6 nitrogen and oxygen atoms in total. The molecule has 21 heavy (non-hydrogen) atoms. The van der Waals surface area contributed by atoms with Crippen LogP contribution in [0, 0.1) is 6.92 Å². The summed E-state index contributed by atoms with van der Waals surface area (Å²) in [5.74, 6) is -1.34. The minimum Gasteiger partial charge on any atom is -0.480 e. The zero-order chi connectivity index (χ0) is 15.4. The molecule has 0 unspecified atom stereocenters.